The van der Waals surface area contributed by atoms with Crippen LogP contribution >= 0.6 is 38.9 Å². The van der Waals surface area contributed by atoms with Crippen molar-refractivity contribution in [3.63, 3.8) is 0 Å². The van der Waals surface area contributed by atoms with Crippen molar-refractivity contribution in [2.75, 3.05) is 38.1 Å². The Bertz CT molecular complexity index is 608. The van der Waals surface area contributed by atoms with Crippen molar-refractivity contribution in [3.05, 3.63) is 32.5 Å². The van der Waals surface area contributed by atoms with E-state index >= 15 is 0 Å². The number of hydrogen-bond donors (Lipinski definition) is 0. The number of pyridine rings is 1. The normalized spacial score (nSPS) is 16.6. The number of halogens is 2. The molecule has 0 aliphatic carbocycles. The summed E-state index contributed by atoms with van der Waals surface area (Å²) in [5.41, 5.74) is 3.16. The highest BCUT2D eigenvalue weighted by atomic mass is 79.9. The molecule has 0 N–H and O–H groups in total. The van der Waals surface area contributed by atoms with Crippen LogP contribution in [0.15, 0.2) is 28.2 Å². The lowest BCUT2D eigenvalue weighted by Crippen LogP contribution is -2.44. The summed E-state index contributed by atoms with van der Waals surface area (Å²) in [5, 5.41) is 0. The lowest BCUT2D eigenvalue weighted by molar-refractivity contribution is 0.313. The molecule has 3 rings (SSSR count). The zero-order valence-corrected chi connectivity index (χ0v) is 14.3. The fourth-order valence-electron chi connectivity index (χ4n) is 2.34. The van der Waals surface area contributed by atoms with Crippen LogP contribution in [0.5, 0.6) is 0 Å². The monoisotopic (exact) mass is 371 g/mol. The van der Waals surface area contributed by atoms with E-state index in [9.17, 15) is 0 Å². The van der Waals surface area contributed by atoms with Gasteiger partial charge in [-0.25, -0.2) is 0 Å². The second-order valence-corrected chi connectivity index (χ2v) is 7.96. The van der Waals surface area contributed by atoms with Gasteiger partial charge in [0.1, 0.15) is 4.34 Å². The van der Waals surface area contributed by atoms with Gasteiger partial charge < -0.3 is 9.80 Å². The first-order valence-electron chi connectivity index (χ1n) is 6.48. The second kappa shape index (κ2) is 6.02. The summed E-state index contributed by atoms with van der Waals surface area (Å²) < 4.78 is 1.81. The molecular weight excluding hydrogens is 358 g/mol. The molecule has 2 aromatic rings. The molecule has 1 fully saturated rings. The first-order valence-corrected chi connectivity index (χ1v) is 8.47. The molecule has 0 unspecified atom stereocenters. The smallest absolute Gasteiger partial charge is 0.103 e. The number of anilines is 1. The van der Waals surface area contributed by atoms with E-state index in [0.29, 0.717) is 0 Å². The molecule has 0 aromatic carbocycles. The zero-order valence-electron chi connectivity index (χ0n) is 11.1. The van der Waals surface area contributed by atoms with Gasteiger partial charge >= 0.3 is 0 Å². The zero-order chi connectivity index (χ0) is 14.1. The van der Waals surface area contributed by atoms with E-state index in [1.165, 1.54) is 17.0 Å². The quantitative estimate of drug-likeness (QED) is 0.795. The van der Waals surface area contributed by atoms with Gasteiger partial charge in [0.05, 0.1) is 9.48 Å². The third-order valence-electron chi connectivity index (χ3n) is 3.54. The maximum absolute atomic E-state index is 6.27. The summed E-state index contributed by atoms with van der Waals surface area (Å²) in [6.07, 6.45) is 1.87. The van der Waals surface area contributed by atoms with Crippen LogP contribution in [0.4, 0.5) is 5.69 Å². The molecular formula is C14H15BrClN3S. The van der Waals surface area contributed by atoms with Crippen molar-refractivity contribution in [2.24, 2.45) is 0 Å². The third-order valence-corrected chi connectivity index (χ3v) is 5.41. The first kappa shape index (κ1) is 14.3. The molecule has 0 bridgehead atoms. The van der Waals surface area contributed by atoms with E-state index in [0.717, 1.165) is 45.6 Å². The second-order valence-electron chi connectivity index (χ2n) is 4.93. The molecule has 1 aliphatic heterocycles. The number of hydrogen-bond acceptors (Lipinski definition) is 4. The Labute approximate surface area is 136 Å². The highest BCUT2D eigenvalue weighted by molar-refractivity contribution is 9.11. The van der Waals surface area contributed by atoms with Crippen LogP contribution in [0.25, 0.3) is 11.3 Å². The number of aromatic nitrogens is 1. The lowest BCUT2D eigenvalue weighted by Gasteiger charge is -2.34. The van der Waals surface area contributed by atoms with Gasteiger partial charge in [-0.1, -0.05) is 11.6 Å². The van der Waals surface area contributed by atoms with Gasteiger partial charge in [-0.2, -0.15) is 0 Å². The average molecular weight is 373 g/mol. The summed E-state index contributed by atoms with van der Waals surface area (Å²) in [4.78, 5) is 9.21. The highest BCUT2D eigenvalue weighted by Gasteiger charge is 2.16. The van der Waals surface area contributed by atoms with Crippen molar-refractivity contribution in [3.8, 4) is 11.3 Å². The van der Waals surface area contributed by atoms with Crippen LogP contribution in [-0.4, -0.2) is 43.1 Å². The number of likely N-dealkylation sites (N-methyl/N-ethyl adjacent to an activating group) is 1. The standard InChI is InChI=1S/C14H15BrClN3S/c1-18-4-6-19(7-5-18)10-2-3-17-12(8-10)11-9-13(15)20-14(11)16/h2-3,8-9H,4-7H2,1H3. The Morgan fingerprint density at radius 1 is 1.25 bits per heavy atom. The van der Waals surface area contributed by atoms with Gasteiger partial charge in [0.25, 0.3) is 0 Å². The van der Waals surface area contributed by atoms with Crippen molar-refractivity contribution in [2.45, 2.75) is 0 Å². The molecule has 3 heterocycles. The topological polar surface area (TPSA) is 19.4 Å². The number of piperazine rings is 1. The van der Waals surface area contributed by atoms with Crippen LogP contribution in [0.2, 0.25) is 4.34 Å². The molecule has 106 valence electrons. The summed E-state index contributed by atoms with van der Waals surface area (Å²) >= 11 is 11.3. The van der Waals surface area contributed by atoms with Gasteiger partial charge in [-0.15, -0.1) is 11.3 Å². The van der Waals surface area contributed by atoms with Crippen molar-refractivity contribution >= 4 is 44.6 Å². The molecule has 1 aliphatic rings. The van der Waals surface area contributed by atoms with Crippen LogP contribution in [0.1, 0.15) is 0 Å². The van der Waals surface area contributed by atoms with Crippen molar-refractivity contribution in [1.82, 2.24) is 9.88 Å². The minimum absolute atomic E-state index is 0.778. The molecule has 0 radical (unpaired) electrons. The van der Waals surface area contributed by atoms with E-state index in [4.69, 9.17) is 11.6 Å². The predicted octanol–water partition coefficient (Wildman–Crippen LogP) is 3.98. The van der Waals surface area contributed by atoms with Gasteiger partial charge in [-0.05, 0) is 41.2 Å². The Hall–Kier alpha value is -0.620. The largest absolute Gasteiger partial charge is 0.369 e. The summed E-state index contributed by atoms with van der Waals surface area (Å²) in [6.45, 7) is 4.31. The van der Waals surface area contributed by atoms with Gasteiger partial charge in [0.15, 0.2) is 0 Å². The number of nitrogens with zero attached hydrogens (tertiary/aromatic N) is 3. The summed E-state index contributed by atoms with van der Waals surface area (Å²) in [7, 11) is 2.16. The Kier molecular flexibility index (Phi) is 4.31. The van der Waals surface area contributed by atoms with Gasteiger partial charge in [-0.3, -0.25) is 4.98 Å². The number of thiophene rings is 1. The van der Waals surface area contributed by atoms with Gasteiger partial charge in [0, 0.05) is 43.6 Å². The minimum atomic E-state index is 0.778. The van der Waals surface area contributed by atoms with E-state index in [1.54, 1.807) is 0 Å². The maximum Gasteiger partial charge on any atom is 0.103 e. The average Bonchev–Trinajstić information content (AvgIpc) is 2.79. The van der Waals surface area contributed by atoms with Crippen LogP contribution in [0, 0.1) is 0 Å². The highest BCUT2D eigenvalue weighted by Crippen LogP contribution is 2.38. The van der Waals surface area contributed by atoms with E-state index in [-0.39, 0.29) is 0 Å². The summed E-state index contributed by atoms with van der Waals surface area (Å²) in [6, 6.07) is 6.24. The van der Waals surface area contributed by atoms with E-state index in [1.807, 2.05) is 12.3 Å². The fraction of sp³-hybridized carbons (Fsp3) is 0.357. The van der Waals surface area contributed by atoms with E-state index in [2.05, 4.69) is 49.9 Å². The molecule has 6 heteroatoms. The fourth-order valence-corrected chi connectivity index (χ4v) is 4.36. The maximum atomic E-state index is 6.27. The van der Waals surface area contributed by atoms with E-state index < -0.39 is 0 Å². The SMILES string of the molecule is CN1CCN(c2ccnc(-c3cc(Br)sc3Cl)c2)CC1. The lowest BCUT2D eigenvalue weighted by atomic mass is 10.2. The molecule has 2 aromatic heterocycles. The molecule has 1 saturated heterocycles. The Balaban J connectivity index is 1.88. The third kappa shape index (κ3) is 3.01. The molecule has 0 amide bonds. The Morgan fingerprint density at radius 2 is 2.00 bits per heavy atom. The van der Waals surface area contributed by atoms with Crippen LogP contribution in [0.3, 0.4) is 0 Å². The molecule has 0 atom stereocenters. The Morgan fingerprint density at radius 3 is 2.65 bits per heavy atom. The van der Waals surface area contributed by atoms with Gasteiger partial charge in [0.2, 0.25) is 0 Å². The molecule has 0 spiro atoms. The molecule has 0 saturated carbocycles. The molecule has 3 nitrogen and oxygen atoms in total. The number of rotatable bonds is 2. The summed E-state index contributed by atoms with van der Waals surface area (Å²) in [5.74, 6) is 0. The molecule has 20 heavy (non-hydrogen) atoms. The van der Waals surface area contributed by atoms with Crippen LogP contribution in [-0.2, 0) is 0 Å². The van der Waals surface area contributed by atoms with Crippen LogP contribution < -0.4 is 4.90 Å². The predicted molar refractivity (Wildman–Crippen MR) is 90.0 cm³/mol. The van der Waals surface area contributed by atoms with Crippen molar-refractivity contribution < 1.29 is 0 Å². The minimum Gasteiger partial charge on any atom is -0.369 e. The van der Waals surface area contributed by atoms with Crippen molar-refractivity contribution in [1.29, 1.82) is 0 Å². The first-order chi connectivity index (χ1) is 9.63.